The summed E-state index contributed by atoms with van der Waals surface area (Å²) in [5, 5.41) is 1.58. The lowest BCUT2D eigenvalue weighted by Crippen LogP contribution is -2.35. The van der Waals surface area contributed by atoms with Crippen LogP contribution < -0.4 is 10.4 Å². The maximum atomic E-state index is 12.9. The van der Waals surface area contributed by atoms with Crippen LogP contribution in [0.1, 0.15) is 5.56 Å². The summed E-state index contributed by atoms with van der Waals surface area (Å²) in [5.74, 6) is -1.39. The number of anilines is 1. The van der Waals surface area contributed by atoms with E-state index in [2.05, 4.69) is 5.43 Å². The Kier molecular flexibility index (Phi) is 3.65. The van der Waals surface area contributed by atoms with Gasteiger partial charge in [-0.05, 0) is 42.0 Å². The molecule has 1 saturated heterocycles. The Balaban J connectivity index is 1.93. The number of benzene rings is 2. The van der Waals surface area contributed by atoms with E-state index < -0.39 is 11.8 Å². The van der Waals surface area contributed by atoms with E-state index in [0.717, 1.165) is 5.01 Å². The summed E-state index contributed by atoms with van der Waals surface area (Å²) >= 11 is 5.89. The summed E-state index contributed by atoms with van der Waals surface area (Å²) < 4.78 is 12.9. The zero-order valence-corrected chi connectivity index (χ0v) is 12.0. The first kappa shape index (κ1) is 14.3. The van der Waals surface area contributed by atoms with Crippen LogP contribution >= 0.6 is 11.6 Å². The average Bonchev–Trinajstić information content (AvgIpc) is 2.77. The number of nitrogens with zero attached hydrogens (tertiary/aromatic N) is 1. The molecule has 0 aliphatic carbocycles. The van der Waals surface area contributed by atoms with Crippen molar-refractivity contribution in [3.63, 3.8) is 0 Å². The lowest BCUT2D eigenvalue weighted by atomic mass is 10.1. The molecule has 1 heterocycles. The van der Waals surface area contributed by atoms with Crippen LogP contribution in [-0.2, 0) is 9.59 Å². The molecule has 1 N–H and O–H groups in total. The third kappa shape index (κ3) is 2.71. The fraction of sp³-hybridized carbons (Fsp3) is 0. The second-order valence-electron chi connectivity index (χ2n) is 4.67. The van der Waals surface area contributed by atoms with Crippen molar-refractivity contribution in [3.05, 3.63) is 70.5 Å². The molecule has 22 heavy (non-hydrogen) atoms. The van der Waals surface area contributed by atoms with Gasteiger partial charge in [0, 0.05) is 5.02 Å². The van der Waals surface area contributed by atoms with Crippen molar-refractivity contribution in [2.75, 3.05) is 5.01 Å². The van der Waals surface area contributed by atoms with Crippen LogP contribution in [0.2, 0.25) is 5.02 Å². The Morgan fingerprint density at radius 1 is 1.09 bits per heavy atom. The molecule has 0 saturated carbocycles. The molecule has 1 aliphatic rings. The molecule has 4 nitrogen and oxygen atoms in total. The molecule has 1 fully saturated rings. The third-order valence-electron chi connectivity index (χ3n) is 3.14. The third-order valence-corrected chi connectivity index (χ3v) is 3.37. The predicted molar refractivity (Wildman–Crippen MR) is 81.5 cm³/mol. The first-order valence-electron chi connectivity index (χ1n) is 6.43. The minimum Gasteiger partial charge on any atom is -0.267 e. The van der Waals surface area contributed by atoms with Crippen molar-refractivity contribution < 1.29 is 14.0 Å². The average molecular weight is 317 g/mol. The molecule has 2 aromatic rings. The van der Waals surface area contributed by atoms with Crippen molar-refractivity contribution in [2.45, 2.75) is 0 Å². The number of amides is 2. The Morgan fingerprint density at radius 3 is 2.50 bits per heavy atom. The summed E-state index contributed by atoms with van der Waals surface area (Å²) in [7, 11) is 0. The summed E-state index contributed by atoms with van der Waals surface area (Å²) in [6.07, 6.45) is 1.42. The fourth-order valence-electron chi connectivity index (χ4n) is 2.08. The van der Waals surface area contributed by atoms with E-state index >= 15 is 0 Å². The Labute approximate surface area is 130 Å². The number of nitrogens with one attached hydrogen (secondary N) is 1. The van der Waals surface area contributed by atoms with Gasteiger partial charge in [0.2, 0.25) is 0 Å². The van der Waals surface area contributed by atoms with Gasteiger partial charge in [-0.1, -0.05) is 29.8 Å². The summed E-state index contributed by atoms with van der Waals surface area (Å²) in [5.41, 5.74) is 3.48. The highest BCUT2D eigenvalue weighted by atomic mass is 35.5. The van der Waals surface area contributed by atoms with Gasteiger partial charge in [0.05, 0.1) is 5.69 Å². The molecule has 3 rings (SSSR count). The van der Waals surface area contributed by atoms with Crippen molar-refractivity contribution in [1.29, 1.82) is 0 Å². The quantitative estimate of drug-likeness (QED) is 0.684. The summed E-state index contributed by atoms with van der Waals surface area (Å²) in [4.78, 5) is 24.3. The van der Waals surface area contributed by atoms with Gasteiger partial charge in [0.1, 0.15) is 11.4 Å². The van der Waals surface area contributed by atoms with Crippen molar-refractivity contribution >= 4 is 35.2 Å². The minimum atomic E-state index is -0.519. The van der Waals surface area contributed by atoms with Crippen LogP contribution in [0.3, 0.4) is 0 Å². The molecular weight excluding hydrogens is 307 g/mol. The van der Waals surface area contributed by atoms with Crippen LogP contribution in [0.4, 0.5) is 10.1 Å². The molecule has 0 aromatic heterocycles. The second kappa shape index (κ2) is 5.61. The van der Waals surface area contributed by atoms with E-state index in [1.165, 1.54) is 30.3 Å². The molecule has 0 radical (unpaired) electrons. The lowest BCUT2D eigenvalue weighted by molar-refractivity contribution is -0.117. The van der Waals surface area contributed by atoms with Gasteiger partial charge in [0.25, 0.3) is 11.8 Å². The highest BCUT2D eigenvalue weighted by Gasteiger charge is 2.34. The molecule has 0 bridgehead atoms. The van der Waals surface area contributed by atoms with E-state index in [9.17, 15) is 14.0 Å². The van der Waals surface area contributed by atoms with Gasteiger partial charge in [-0.2, -0.15) is 0 Å². The SMILES string of the molecule is O=C1NN(c2cccc(Cl)c2)C(=O)/C1=C\c1ccc(F)cc1. The standard InChI is InChI=1S/C16H10ClFN2O2/c17-11-2-1-3-13(9-11)20-16(22)14(15(21)19-20)8-10-4-6-12(18)7-5-10/h1-9H,(H,19,21)/b14-8-. The van der Waals surface area contributed by atoms with Gasteiger partial charge in [-0.3, -0.25) is 15.0 Å². The minimum absolute atomic E-state index is 0.0217. The largest absolute Gasteiger partial charge is 0.282 e. The van der Waals surface area contributed by atoms with Gasteiger partial charge in [0.15, 0.2) is 0 Å². The van der Waals surface area contributed by atoms with Crippen LogP contribution in [-0.4, -0.2) is 11.8 Å². The predicted octanol–water partition coefficient (Wildman–Crippen LogP) is 2.94. The highest BCUT2D eigenvalue weighted by Crippen LogP contribution is 2.24. The second-order valence-corrected chi connectivity index (χ2v) is 5.11. The van der Waals surface area contributed by atoms with Gasteiger partial charge in [-0.15, -0.1) is 0 Å². The number of hydrazine groups is 1. The summed E-state index contributed by atoms with van der Waals surface area (Å²) in [6, 6.07) is 12.1. The zero-order chi connectivity index (χ0) is 15.7. The van der Waals surface area contributed by atoms with E-state index in [0.29, 0.717) is 16.3 Å². The number of rotatable bonds is 2. The topological polar surface area (TPSA) is 49.4 Å². The van der Waals surface area contributed by atoms with Crippen molar-refractivity contribution in [2.24, 2.45) is 0 Å². The number of carbonyl (C=O) groups excluding carboxylic acids is 2. The maximum absolute atomic E-state index is 12.9. The Morgan fingerprint density at radius 2 is 1.82 bits per heavy atom. The van der Waals surface area contributed by atoms with Crippen LogP contribution in [0.5, 0.6) is 0 Å². The molecule has 0 unspecified atom stereocenters. The molecule has 2 amide bonds. The van der Waals surface area contributed by atoms with E-state index in [4.69, 9.17) is 11.6 Å². The first-order valence-corrected chi connectivity index (χ1v) is 6.81. The first-order chi connectivity index (χ1) is 10.5. The van der Waals surface area contributed by atoms with E-state index in [-0.39, 0.29) is 11.4 Å². The van der Waals surface area contributed by atoms with Crippen molar-refractivity contribution in [3.8, 4) is 0 Å². The molecule has 1 aliphatic heterocycles. The maximum Gasteiger partial charge on any atom is 0.282 e. The number of carbonyl (C=O) groups is 2. The summed E-state index contributed by atoms with van der Waals surface area (Å²) in [6.45, 7) is 0. The van der Waals surface area contributed by atoms with E-state index in [1.54, 1.807) is 24.3 Å². The van der Waals surface area contributed by atoms with Gasteiger partial charge < -0.3 is 0 Å². The number of halogens is 2. The van der Waals surface area contributed by atoms with Gasteiger partial charge in [-0.25, -0.2) is 9.40 Å². The van der Waals surface area contributed by atoms with Crippen molar-refractivity contribution in [1.82, 2.24) is 5.43 Å². The normalized spacial score (nSPS) is 16.3. The molecule has 0 atom stereocenters. The lowest BCUT2D eigenvalue weighted by Gasteiger charge is -2.14. The van der Waals surface area contributed by atoms with Crippen LogP contribution in [0.15, 0.2) is 54.1 Å². The zero-order valence-electron chi connectivity index (χ0n) is 11.2. The molecule has 2 aromatic carbocycles. The highest BCUT2D eigenvalue weighted by molar-refractivity contribution is 6.33. The Bertz CT molecular complexity index is 787. The monoisotopic (exact) mass is 316 g/mol. The van der Waals surface area contributed by atoms with Crippen LogP contribution in [0.25, 0.3) is 6.08 Å². The number of hydrogen-bond donors (Lipinski definition) is 1. The number of hydrogen-bond acceptors (Lipinski definition) is 2. The van der Waals surface area contributed by atoms with Gasteiger partial charge >= 0.3 is 0 Å². The molecular formula is C16H10ClFN2O2. The van der Waals surface area contributed by atoms with Crippen LogP contribution in [0, 0.1) is 5.82 Å². The smallest absolute Gasteiger partial charge is 0.267 e. The fourth-order valence-corrected chi connectivity index (χ4v) is 2.26. The Hall–Kier alpha value is -2.66. The van der Waals surface area contributed by atoms with E-state index in [1.807, 2.05) is 0 Å². The molecule has 6 heteroatoms. The molecule has 0 spiro atoms. The molecule has 110 valence electrons.